The minimum atomic E-state index is 0. The number of benzene rings is 2. The molecule has 1 aliphatic rings. The van der Waals surface area contributed by atoms with Crippen LogP contribution in [0.2, 0.25) is 5.02 Å². The van der Waals surface area contributed by atoms with E-state index in [4.69, 9.17) is 17.3 Å². The Balaban J connectivity index is 0.00000208. The second-order valence-electron chi connectivity index (χ2n) is 6.46. The first kappa shape index (κ1) is 19.4. The number of thioether (sulfide) groups is 1. The number of likely N-dealkylation sites (tertiary alicyclic amines) is 1. The molecule has 3 rings (SSSR count). The van der Waals surface area contributed by atoms with Crippen LogP contribution in [0.25, 0.3) is 10.8 Å². The molecule has 0 aliphatic carbocycles. The van der Waals surface area contributed by atoms with E-state index in [1.807, 2.05) is 41.3 Å². The number of nitrogens with two attached hydrogens (primary N) is 1. The number of nitrogens with zero attached hydrogens (tertiary/aromatic N) is 1. The monoisotopic (exact) mass is 384 g/mol. The fourth-order valence-corrected chi connectivity index (χ4v) is 4.36. The van der Waals surface area contributed by atoms with E-state index >= 15 is 0 Å². The van der Waals surface area contributed by atoms with Crippen molar-refractivity contribution in [1.29, 1.82) is 0 Å². The van der Waals surface area contributed by atoms with Crippen molar-refractivity contribution < 1.29 is 4.79 Å². The maximum absolute atomic E-state index is 12.5. The summed E-state index contributed by atoms with van der Waals surface area (Å²) in [5.41, 5.74) is 5.89. The number of fused-ring (bicyclic) bond motifs is 1. The molecule has 0 saturated carbocycles. The summed E-state index contributed by atoms with van der Waals surface area (Å²) in [7, 11) is 0. The van der Waals surface area contributed by atoms with Gasteiger partial charge in [-0.25, -0.2) is 0 Å². The molecule has 1 aliphatic heterocycles. The molecular formula is C18H22Cl2N2OS. The third-order valence-electron chi connectivity index (χ3n) is 4.57. The van der Waals surface area contributed by atoms with Crippen molar-refractivity contribution in [3.63, 3.8) is 0 Å². The molecule has 0 radical (unpaired) electrons. The van der Waals surface area contributed by atoms with Gasteiger partial charge in [0.15, 0.2) is 0 Å². The first-order valence-corrected chi connectivity index (χ1v) is 9.17. The van der Waals surface area contributed by atoms with E-state index in [0.717, 1.165) is 40.2 Å². The summed E-state index contributed by atoms with van der Waals surface area (Å²) < 4.78 is 0. The minimum absolute atomic E-state index is 0. The Morgan fingerprint density at radius 2 is 2.04 bits per heavy atom. The van der Waals surface area contributed by atoms with Crippen LogP contribution in [0.5, 0.6) is 0 Å². The summed E-state index contributed by atoms with van der Waals surface area (Å²) in [6.45, 7) is 4.35. The summed E-state index contributed by atoms with van der Waals surface area (Å²) in [6, 6.07) is 12.0. The molecule has 1 atom stereocenters. The molecule has 1 heterocycles. The number of carbonyl (C=O) groups is 1. The zero-order valence-electron chi connectivity index (χ0n) is 13.6. The van der Waals surface area contributed by atoms with E-state index in [-0.39, 0.29) is 23.7 Å². The van der Waals surface area contributed by atoms with Crippen LogP contribution >= 0.6 is 35.8 Å². The molecule has 3 nitrogen and oxygen atoms in total. The quantitative estimate of drug-likeness (QED) is 0.803. The van der Waals surface area contributed by atoms with Crippen LogP contribution in [0.15, 0.2) is 41.3 Å². The Labute approximate surface area is 158 Å². The molecule has 2 N–H and O–H groups in total. The van der Waals surface area contributed by atoms with Crippen molar-refractivity contribution in [3.8, 4) is 0 Å². The van der Waals surface area contributed by atoms with Gasteiger partial charge in [0.2, 0.25) is 5.91 Å². The second kappa shape index (κ2) is 7.96. The number of halogens is 2. The molecule has 1 unspecified atom stereocenters. The highest BCUT2D eigenvalue weighted by molar-refractivity contribution is 8.00. The van der Waals surface area contributed by atoms with Crippen molar-refractivity contribution in [3.05, 3.63) is 41.4 Å². The lowest BCUT2D eigenvalue weighted by Crippen LogP contribution is -2.35. The van der Waals surface area contributed by atoms with Crippen molar-refractivity contribution >= 4 is 52.4 Å². The molecule has 6 heteroatoms. The highest BCUT2D eigenvalue weighted by Gasteiger charge is 2.34. The molecule has 2 aromatic carbocycles. The third-order valence-corrected chi connectivity index (χ3v) is 5.93. The van der Waals surface area contributed by atoms with Crippen molar-refractivity contribution in [2.24, 2.45) is 11.1 Å². The van der Waals surface area contributed by atoms with Gasteiger partial charge in [0.1, 0.15) is 0 Å². The van der Waals surface area contributed by atoms with Crippen molar-refractivity contribution in [2.45, 2.75) is 18.2 Å². The van der Waals surface area contributed by atoms with Crippen LogP contribution in [-0.2, 0) is 4.79 Å². The zero-order chi connectivity index (χ0) is 16.4. The molecule has 1 fully saturated rings. The normalized spacial score (nSPS) is 20.2. The predicted molar refractivity (Wildman–Crippen MR) is 105 cm³/mol. The molecule has 2 aromatic rings. The van der Waals surface area contributed by atoms with Gasteiger partial charge in [-0.15, -0.1) is 24.2 Å². The number of carbonyl (C=O) groups excluding carboxylic acids is 1. The first-order valence-electron chi connectivity index (χ1n) is 7.80. The molecule has 0 aromatic heterocycles. The van der Waals surface area contributed by atoms with E-state index in [0.29, 0.717) is 12.3 Å². The van der Waals surface area contributed by atoms with Crippen molar-refractivity contribution in [1.82, 2.24) is 4.90 Å². The largest absolute Gasteiger partial charge is 0.341 e. The first-order chi connectivity index (χ1) is 11.0. The van der Waals surface area contributed by atoms with Gasteiger partial charge in [0.05, 0.1) is 5.75 Å². The van der Waals surface area contributed by atoms with Gasteiger partial charge in [-0.05, 0) is 35.9 Å². The maximum atomic E-state index is 12.5. The highest BCUT2D eigenvalue weighted by atomic mass is 35.5. The lowest BCUT2D eigenvalue weighted by molar-refractivity contribution is -0.127. The van der Waals surface area contributed by atoms with E-state index in [1.54, 1.807) is 11.8 Å². The van der Waals surface area contributed by atoms with E-state index in [2.05, 4.69) is 6.92 Å². The number of hydrogen-bond acceptors (Lipinski definition) is 3. The Hall–Kier alpha value is -0.940. The smallest absolute Gasteiger partial charge is 0.232 e. The molecular weight excluding hydrogens is 363 g/mol. The average Bonchev–Trinajstić information content (AvgIpc) is 2.96. The summed E-state index contributed by atoms with van der Waals surface area (Å²) in [5, 5.41) is 2.87. The zero-order valence-corrected chi connectivity index (χ0v) is 16.0. The fraction of sp³-hybridized carbons (Fsp3) is 0.389. The number of hydrogen-bond donors (Lipinski definition) is 1. The SMILES string of the molecule is CC1(CN)CCN(C(=O)CSc2cccc3cccc(Cl)c23)C1.Cl. The Bertz CT molecular complexity index is 735. The summed E-state index contributed by atoms with van der Waals surface area (Å²) in [6.07, 6.45) is 0.986. The summed E-state index contributed by atoms with van der Waals surface area (Å²) >= 11 is 7.90. The minimum Gasteiger partial charge on any atom is -0.341 e. The Kier molecular flexibility index (Phi) is 6.43. The van der Waals surface area contributed by atoms with Gasteiger partial charge < -0.3 is 10.6 Å². The molecule has 1 amide bonds. The van der Waals surface area contributed by atoms with Crippen molar-refractivity contribution in [2.75, 3.05) is 25.4 Å². The summed E-state index contributed by atoms with van der Waals surface area (Å²) in [5.74, 6) is 0.613. The Morgan fingerprint density at radius 1 is 1.33 bits per heavy atom. The third kappa shape index (κ3) is 3.99. The van der Waals surface area contributed by atoms with Gasteiger partial charge in [-0.2, -0.15) is 0 Å². The predicted octanol–water partition coefficient (Wildman–Crippen LogP) is 4.20. The Morgan fingerprint density at radius 3 is 2.71 bits per heavy atom. The van der Waals surface area contributed by atoms with Gasteiger partial charge in [-0.3, -0.25) is 4.79 Å². The molecule has 130 valence electrons. The number of amides is 1. The van der Waals surface area contributed by atoms with Crippen LogP contribution in [-0.4, -0.2) is 36.2 Å². The average molecular weight is 385 g/mol. The number of rotatable bonds is 4. The van der Waals surface area contributed by atoms with E-state index in [1.165, 1.54) is 0 Å². The van der Waals surface area contributed by atoms with Crippen LogP contribution in [0.1, 0.15) is 13.3 Å². The standard InChI is InChI=1S/C18H21ClN2OS.ClH/c1-18(11-20)8-9-21(12-18)16(22)10-23-15-7-3-5-13-4-2-6-14(19)17(13)15;/h2-7H,8-12,20H2,1H3;1H. The highest BCUT2D eigenvalue weighted by Crippen LogP contribution is 2.34. The molecule has 0 bridgehead atoms. The van der Waals surface area contributed by atoms with Crippen LogP contribution in [0.3, 0.4) is 0 Å². The summed E-state index contributed by atoms with van der Waals surface area (Å²) in [4.78, 5) is 15.5. The topological polar surface area (TPSA) is 46.3 Å². The fourth-order valence-electron chi connectivity index (χ4n) is 3.02. The van der Waals surface area contributed by atoms with Gasteiger partial charge in [0.25, 0.3) is 0 Å². The molecule has 1 saturated heterocycles. The van der Waals surface area contributed by atoms with Gasteiger partial charge in [-0.1, -0.05) is 42.8 Å². The van der Waals surface area contributed by atoms with E-state index < -0.39 is 0 Å². The lowest BCUT2D eigenvalue weighted by Gasteiger charge is -2.22. The van der Waals surface area contributed by atoms with E-state index in [9.17, 15) is 4.79 Å². The van der Waals surface area contributed by atoms with Gasteiger partial charge in [0, 0.05) is 28.4 Å². The molecule has 0 spiro atoms. The van der Waals surface area contributed by atoms with Gasteiger partial charge >= 0.3 is 0 Å². The van der Waals surface area contributed by atoms with Crippen LogP contribution in [0.4, 0.5) is 0 Å². The molecule has 24 heavy (non-hydrogen) atoms. The van der Waals surface area contributed by atoms with Crippen LogP contribution in [0, 0.1) is 5.41 Å². The lowest BCUT2D eigenvalue weighted by atomic mass is 9.90. The van der Waals surface area contributed by atoms with Crippen LogP contribution < -0.4 is 5.73 Å². The maximum Gasteiger partial charge on any atom is 0.232 e. The second-order valence-corrected chi connectivity index (χ2v) is 7.89.